The second kappa shape index (κ2) is 4.54. The van der Waals surface area contributed by atoms with Crippen molar-refractivity contribution in [2.75, 3.05) is 0 Å². The summed E-state index contributed by atoms with van der Waals surface area (Å²) in [5.41, 5.74) is -0.710. The van der Waals surface area contributed by atoms with E-state index in [1.807, 2.05) is 0 Å². The van der Waals surface area contributed by atoms with Crippen molar-refractivity contribution in [2.24, 2.45) is 0 Å². The highest BCUT2D eigenvalue weighted by atomic mass is 79.9. The maximum Gasteiger partial charge on any atom is 0.417 e. The molecule has 0 N–H and O–H groups in total. The highest BCUT2D eigenvalue weighted by Gasteiger charge is 2.33. The maximum absolute atomic E-state index is 12.4. The smallest absolute Gasteiger partial charge is 0.192 e. The lowest BCUT2D eigenvalue weighted by atomic mass is 10.1. The van der Waals surface area contributed by atoms with E-state index in [1.165, 1.54) is 18.2 Å². The Hall–Kier alpha value is -0.540. The van der Waals surface area contributed by atoms with Crippen LogP contribution in [0, 0.1) is 11.3 Å². The number of alkyl halides is 5. The molecule has 0 spiro atoms. The van der Waals surface area contributed by atoms with Crippen LogP contribution in [0.2, 0.25) is 0 Å². The first kappa shape index (κ1) is 12.5. The molecule has 0 aliphatic carbocycles. The summed E-state index contributed by atoms with van der Waals surface area (Å²) in [5, 5.41) is 8.61. The van der Waals surface area contributed by atoms with E-state index < -0.39 is 11.7 Å². The highest BCUT2D eigenvalue weighted by Crippen LogP contribution is 2.35. The average molecular weight is 343 g/mol. The van der Waals surface area contributed by atoms with Gasteiger partial charge in [0.2, 0.25) is 0 Å². The summed E-state index contributed by atoms with van der Waals surface area (Å²) in [7, 11) is 0. The van der Waals surface area contributed by atoms with Gasteiger partial charge in [-0.05, 0) is 17.7 Å². The normalized spacial score (nSPS) is 11.5. The molecule has 1 aromatic rings. The van der Waals surface area contributed by atoms with Crippen molar-refractivity contribution in [3.63, 3.8) is 0 Å². The summed E-state index contributed by atoms with van der Waals surface area (Å²) in [6.45, 7) is 0. The minimum atomic E-state index is -4.49. The quantitative estimate of drug-likeness (QED) is 0.695. The molecule has 1 nitrogen and oxygen atoms in total. The lowest BCUT2D eigenvalue weighted by molar-refractivity contribution is -0.137. The van der Waals surface area contributed by atoms with Crippen LogP contribution < -0.4 is 0 Å². The third-order valence-electron chi connectivity index (χ3n) is 1.72. The first-order valence-corrected chi connectivity index (χ1v) is 5.59. The van der Waals surface area contributed by atoms with Crippen molar-refractivity contribution in [1.29, 1.82) is 5.26 Å². The lowest BCUT2D eigenvalue weighted by Crippen LogP contribution is -2.08. The molecule has 15 heavy (non-hydrogen) atoms. The van der Waals surface area contributed by atoms with Gasteiger partial charge >= 0.3 is 6.18 Å². The standard InChI is InChI=1S/C9H4Br2F3N/c10-8(11)5-1-2-7(9(12,13)14)6(3-5)4-15/h1-3,8H. The van der Waals surface area contributed by atoms with Gasteiger partial charge < -0.3 is 0 Å². The van der Waals surface area contributed by atoms with Crippen LogP contribution in [0.1, 0.15) is 20.4 Å². The third kappa shape index (κ3) is 2.95. The molecule has 6 heteroatoms. The summed E-state index contributed by atoms with van der Waals surface area (Å²) in [4.78, 5) is 0. The van der Waals surface area contributed by atoms with E-state index in [0.717, 1.165) is 6.07 Å². The van der Waals surface area contributed by atoms with Crippen molar-refractivity contribution < 1.29 is 13.2 Å². The molecule has 1 aromatic carbocycles. The molecule has 0 radical (unpaired) electrons. The molecule has 0 amide bonds. The van der Waals surface area contributed by atoms with Gasteiger partial charge in [0, 0.05) is 0 Å². The lowest BCUT2D eigenvalue weighted by Gasteiger charge is -2.10. The van der Waals surface area contributed by atoms with Crippen molar-refractivity contribution >= 4 is 31.9 Å². The number of benzene rings is 1. The molecule has 0 saturated carbocycles. The second-order valence-corrected chi connectivity index (χ2v) is 5.78. The van der Waals surface area contributed by atoms with Crippen LogP contribution in [0.5, 0.6) is 0 Å². The molecular weight excluding hydrogens is 339 g/mol. The molecule has 0 saturated heterocycles. The fourth-order valence-corrected chi connectivity index (χ4v) is 1.61. The van der Waals surface area contributed by atoms with Crippen molar-refractivity contribution in [3.8, 4) is 6.07 Å². The maximum atomic E-state index is 12.4. The number of nitriles is 1. The average Bonchev–Trinajstić information content (AvgIpc) is 2.15. The minimum absolute atomic E-state index is 0.264. The molecule has 0 aliphatic heterocycles. The Bertz CT molecular complexity index is 407. The summed E-state index contributed by atoms with van der Waals surface area (Å²) in [6.07, 6.45) is -4.49. The molecule has 0 bridgehead atoms. The minimum Gasteiger partial charge on any atom is -0.192 e. The third-order valence-corrected chi connectivity index (χ3v) is 2.78. The first-order valence-electron chi connectivity index (χ1n) is 3.75. The number of halogens is 5. The van der Waals surface area contributed by atoms with Crippen molar-refractivity contribution in [2.45, 2.75) is 9.91 Å². The Morgan fingerprint density at radius 1 is 1.27 bits per heavy atom. The highest BCUT2D eigenvalue weighted by molar-refractivity contribution is 9.24. The van der Waals surface area contributed by atoms with Gasteiger partial charge in [-0.15, -0.1) is 0 Å². The van der Waals surface area contributed by atoms with Crippen LogP contribution in [0.25, 0.3) is 0 Å². The van der Waals surface area contributed by atoms with E-state index in [-0.39, 0.29) is 9.30 Å². The SMILES string of the molecule is N#Cc1cc(C(Br)Br)ccc1C(F)(F)F. The molecule has 0 aliphatic rings. The molecule has 0 atom stereocenters. The largest absolute Gasteiger partial charge is 0.417 e. The summed E-state index contributed by atoms with van der Waals surface area (Å²) in [5.74, 6) is 0. The zero-order chi connectivity index (χ0) is 11.6. The van der Waals surface area contributed by atoms with E-state index in [9.17, 15) is 13.2 Å². The molecule has 1 rings (SSSR count). The van der Waals surface area contributed by atoms with Crippen molar-refractivity contribution in [1.82, 2.24) is 0 Å². The predicted molar refractivity (Wildman–Crippen MR) is 56.8 cm³/mol. The van der Waals surface area contributed by atoms with E-state index in [4.69, 9.17) is 5.26 Å². The fourth-order valence-electron chi connectivity index (χ4n) is 1.04. The summed E-state index contributed by atoms with van der Waals surface area (Å²) < 4.78 is 36.9. The van der Waals surface area contributed by atoms with E-state index >= 15 is 0 Å². The van der Waals surface area contributed by atoms with Gasteiger partial charge in [0.1, 0.15) is 0 Å². The summed E-state index contributed by atoms with van der Waals surface area (Å²) >= 11 is 6.29. The van der Waals surface area contributed by atoms with Gasteiger partial charge in [0.25, 0.3) is 0 Å². The number of rotatable bonds is 1. The van der Waals surface area contributed by atoms with Crippen LogP contribution in [0.3, 0.4) is 0 Å². The Labute approximate surface area is 101 Å². The van der Waals surface area contributed by atoms with Gasteiger partial charge in [0.05, 0.1) is 20.9 Å². The van der Waals surface area contributed by atoms with Gasteiger partial charge in [0.15, 0.2) is 0 Å². The van der Waals surface area contributed by atoms with E-state index in [1.54, 1.807) is 0 Å². The Balaban J connectivity index is 3.29. The number of hydrogen-bond acceptors (Lipinski definition) is 1. The van der Waals surface area contributed by atoms with Crippen LogP contribution in [-0.4, -0.2) is 0 Å². The molecular formula is C9H4Br2F3N. The van der Waals surface area contributed by atoms with Crippen LogP contribution >= 0.6 is 31.9 Å². The first-order chi connectivity index (χ1) is 6.86. The second-order valence-electron chi connectivity index (χ2n) is 2.72. The molecule has 0 heterocycles. The molecule has 0 aromatic heterocycles. The fraction of sp³-hybridized carbons (Fsp3) is 0.222. The van der Waals surface area contributed by atoms with Gasteiger partial charge in [-0.3, -0.25) is 0 Å². The monoisotopic (exact) mass is 341 g/mol. The van der Waals surface area contributed by atoms with Crippen LogP contribution in [0.4, 0.5) is 13.2 Å². The Morgan fingerprint density at radius 3 is 2.27 bits per heavy atom. The van der Waals surface area contributed by atoms with Gasteiger partial charge in [-0.2, -0.15) is 18.4 Å². The zero-order valence-electron chi connectivity index (χ0n) is 7.15. The van der Waals surface area contributed by atoms with Gasteiger partial charge in [-0.1, -0.05) is 37.9 Å². The molecule has 80 valence electrons. The number of hydrogen-bond donors (Lipinski definition) is 0. The van der Waals surface area contributed by atoms with E-state index in [0.29, 0.717) is 5.56 Å². The summed E-state index contributed by atoms with van der Waals surface area (Å²) in [6, 6.07) is 4.96. The van der Waals surface area contributed by atoms with Crippen LogP contribution in [-0.2, 0) is 6.18 Å². The zero-order valence-corrected chi connectivity index (χ0v) is 10.3. The van der Waals surface area contributed by atoms with E-state index in [2.05, 4.69) is 31.9 Å². The van der Waals surface area contributed by atoms with Crippen molar-refractivity contribution in [3.05, 3.63) is 34.9 Å². The molecule has 0 fully saturated rings. The van der Waals surface area contributed by atoms with Gasteiger partial charge in [-0.25, -0.2) is 0 Å². The Morgan fingerprint density at radius 2 is 1.87 bits per heavy atom. The van der Waals surface area contributed by atoms with Crippen LogP contribution in [0.15, 0.2) is 18.2 Å². The topological polar surface area (TPSA) is 23.8 Å². The predicted octanol–water partition coefficient (Wildman–Crippen LogP) is 4.37. The Kier molecular flexibility index (Phi) is 3.79. The molecule has 0 unspecified atom stereocenters. The number of nitrogens with zero attached hydrogens (tertiary/aromatic N) is 1.